The molecule has 1 saturated heterocycles. The highest BCUT2D eigenvalue weighted by atomic mass is 32.2. The lowest BCUT2D eigenvalue weighted by Gasteiger charge is -2.21. The van der Waals surface area contributed by atoms with Crippen molar-refractivity contribution in [1.82, 2.24) is 0 Å². The van der Waals surface area contributed by atoms with E-state index in [1.165, 1.54) is 5.56 Å². The van der Waals surface area contributed by atoms with Crippen LogP contribution in [0, 0.1) is 6.92 Å². The normalized spacial score (nSPS) is 27.8. The Morgan fingerprint density at radius 2 is 2.00 bits per heavy atom. The lowest BCUT2D eigenvalue weighted by atomic mass is 9.93. The summed E-state index contributed by atoms with van der Waals surface area (Å²) in [6.07, 6.45) is 0.890. The van der Waals surface area contributed by atoms with Crippen molar-refractivity contribution in [3.8, 4) is 0 Å². The SMILES string of the molecule is Cc1ccc(C2(O)CCSC2)cc1. The molecule has 1 aliphatic heterocycles. The van der Waals surface area contributed by atoms with Gasteiger partial charge in [-0.2, -0.15) is 11.8 Å². The van der Waals surface area contributed by atoms with Gasteiger partial charge in [0.1, 0.15) is 0 Å². The largest absolute Gasteiger partial charge is 0.384 e. The number of rotatable bonds is 1. The molecule has 1 aliphatic rings. The van der Waals surface area contributed by atoms with Crippen molar-refractivity contribution < 1.29 is 5.11 Å². The summed E-state index contributed by atoms with van der Waals surface area (Å²) < 4.78 is 0. The van der Waals surface area contributed by atoms with E-state index in [0.717, 1.165) is 23.5 Å². The van der Waals surface area contributed by atoms with E-state index in [2.05, 4.69) is 19.1 Å². The third-order valence-electron chi connectivity index (χ3n) is 2.59. The molecule has 0 radical (unpaired) electrons. The zero-order chi connectivity index (χ0) is 9.31. The molecule has 1 unspecified atom stereocenters. The molecule has 13 heavy (non-hydrogen) atoms. The quantitative estimate of drug-likeness (QED) is 0.740. The van der Waals surface area contributed by atoms with Gasteiger partial charge in [-0.25, -0.2) is 0 Å². The first-order valence-electron chi connectivity index (χ1n) is 4.58. The van der Waals surface area contributed by atoms with Crippen LogP contribution in [0.15, 0.2) is 24.3 Å². The molecule has 1 fully saturated rings. The Kier molecular flexibility index (Phi) is 2.35. The number of aliphatic hydroxyl groups is 1. The third-order valence-corrected chi connectivity index (χ3v) is 3.76. The smallest absolute Gasteiger partial charge is 0.0994 e. The second-order valence-electron chi connectivity index (χ2n) is 3.70. The molecule has 0 amide bonds. The van der Waals surface area contributed by atoms with Crippen molar-refractivity contribution in [3.05, 3.63) is 35.4 Å². The first kappa shape index (κ1) is 9.10. The van der Waals surface area contributed by atoms with Crippen molar-refractivity contribution in [1.29, 1.82) is 0 Å². The van der Waals surface area contributed by atoms with Crippen LogP contribution in [0.3, 0.4) is 0 Å². The van der Waals surface area contributed by atoms with Crippen molar-refractivity contribution in [3.63, 3.8) is 0 Å². The van der Waals surface area contributed by atoms with Crippen LogP contribution in [0.2, 0.25) is 0 Å². The summed E-state index contributed by atoms with van der Waals surface area (Å²) in [5.74, 6) is 1.92. The molecule has 2 rings (SSSR count). The van der Waals surface area contributed by atoms with Gasteiger partial charge in [-0.3, -0.25) is 0 Å². The molecule has 2 heteroatoms. The zero-order valence-electron chi connectivity index (χ0n) is 7.79. The fraction of sp³-hybridized carbons (Fsp3) is 0.455. The predicted octanol–water partition coefficient (Wildman–Crippen LogP) is 2.32. The van der Waals surface area contributed by atoms with Crippen molar-refractivity contribution in [2.45, 2.75) is 18.9 Å². The van der Waals surface area contributed by atoms with Gasteiger partial charge in [0.15, 0.2) is 0 Å². The number of hydrogen-bond donors (Lipinski definition) is 1. The molecule has 0 spiro atoms. The topological polar surface area (TPSA) is 20.2 Å². The molecule has 0 bridgehead atoms. The highest BCUT2D eigenvalue weighted by Crippen LogP contribution is 2.36. The van der Waals surface area contributed by atoms with E-state index in [9.17, 15) is 5.11 Å². The Bertz CT molecular complexity index is 285. The summed E-state index contributed by atoms with van der Waals surface area (Å²) in [6, 6.07) is 8.22. The van der Waals surface area contributed by atoms with E-state index < -0.39 is 5.60 Å². The standard InChI is InChI=1S/C11H14OS/c1-9-2-4-10(5-3-9)11(12)6-7-13-8-11/h2-5,12H,6-8H2,1H3. The molecule has 1 atom stereocenters. The van der Waals surface area contributed by atoms with E-state index >= 15 is 0 Å². The van der Waals surface area contributed by atoms with Crippen LogP contribution in [0.1, 0.15) is 17.5 Å². The molecule has 1 N–H and O–H groups in total. The van der Waals surface area contributed by atoms with Crippen molar-refractivity contribution in [2.75, 3.05) is 11.5 Å². The van der Waals surface area contributed by atoms with Gasteiger partial charge in [-0.1, -0.05) is 29.8 Å². The van der Waals surface area contributed by atoms with Gasteiger partial charge in [-0.05, 0) is 24.7 Å². The maximum Gasteiger partial charge on any atom is 0.0994 e. The summed E-state index contributed by atoms with van der Waals surface area (Å²) >= 11 is 1.83. The monoisotopic (exact) mass is 194 g/mol. The molecule has 0 aromatic heterocycles. The summed E-state index contributed by atoms with van der Waals surface area (Å²) in [7, 11) is 0. The van der Waals surface area contributed by atoms with Crippen LogP contribution in [0.25, 0.3) is 0 Å². The minimum absolute atomic E-state index is 0.557. The molecular formula is C11H14OS. The molecule has 1 heterocycles. The Morgan fingerprint density at radius 1 is 1.31 bits per heavy atom. The van der Waals surface area contributed by atoms with Gasteiger partial charge in [0.25, 0.3) is 0 Å². The van der Waals surface area contributed by atoms with Crippen LogP contribution >= 0.6 is 11.8 Å². The van der Waals surface area contributed by atoms with E-state index in [1.54, 1.807) is 0 Å². The average molecular weight is 194 g/mol. The van der Waals surface area contributed by atoms with Crippen molar-refractivity contribution >= 4 is 11.8 Å². The summed E-state index contributed by atoms with van der Waals surface area (Å²) in [6.45, 7) is 2.07. The molecule has 70 valence electrons. The Balaban J connectivity index is 2.29. The number of hydrogen-bond acceptors (Lipinski definition) is 2. The second-order valence-corrected chi connectivity index (χ2v) is 4.81. The maximum absolute atomic E-state index is 10.2. The Labute approximate surface area is 83.2 Å². The van der Waals surface area contributed by atoms with E-state index in [4.69, 9.17) is 0 Å². The van der Waals surface area contributed by atoms with Gasteiger partial charge >= 0.3 is 0 Å². The maximum atomic E-state index is 10.2. The average Bonchev–Trinajstić information content (AvgIpc) is 2.54. The van der Waals surface area contributed by atoms with Gasteiger partial charge in [0, 0.05) is 5.75 Å². The second kappa shape index (κ2) is 3.35. The molecule has 1 nitrogen and oxygen atoms in total. The van der Waals surface area contributed by atoms with E-state index in [-0.39, 0.29) is 0 Å². The molecule has 0 aliphatic carbocycles. The fourth-order valence-corrected chi connectivity index (χ4v) is 2.92. The highest BCUT2D eigenvalue weighted by Gasteiger charge is 2.33. The van der Waals surface area contributed by atoms with Crippen LogP contribution in [0.4, 0.5) is 0 Å². The molecule has 1 aromatic carbocycles. The lowest BCUT2D eigenvalue weighted by molar-refractivity contribution is 0.0658. The summed E-state index contributed by atoms with van der Waals surface area (Å²) in [5, 5.41) is 10.2. The van der Waals surface area contributed by atoms with Crippen LogP contribution in [0.5, 0.6) is 0 Å². The summed E-state index contributed by atoms with van der Waals surface area (Å²) in [4.78, 5) is 0. The fourth-order valence-electron chi connectivity index (χ4n) is 1.65. The summed E-state index contributed by atoms with van der Waals surface area (Å²) in [5.41, 5.74) is 1.76. The van der Waals surface area contributed by atoms with E-state index in [1.807, 2.05) is 23.9 Å². The minimum Gasteiger partial charge on any atom is -0.384 e. The Morgan fingerprint density at radius 3 is 2.54 bits per heavy atom. The van der Waals surface area contributed by atoms with Gasteiger partial charge in [0.2, 0.25) is 0 Å². The van der Waals surface area contributed by atoms with Crippen LogP contribution < -0.4 is 0 Å². The van der Waals surface area contributed by atoms with Crippen LogP contribution in [-0.2, 0) is 5.60 Å². The van der Waals surface area contributed by atoms with Crippen molar-refractivity contribution in [2.24, 2.45) is 0 Å². The molecular weight excluding hydrogens is 180 g/mol. The van der Waals surface area contributed by atoms with E-state index in [0.29, 0.717) is 0 Å². The molecule has 0 saturated carbocycles. The first-order valence-corrected chi connectivity index (χ1v) is 5.73. The Hall–Kier alpha value is -0.470. The van der Waals surface area contributed by atoms with Crippen LogP contribution in [-0.4, -0.2) is 16.6 Å². The molecule has 1 aromatic rings. The minimum atomic E-state index is -0.557. The zero-order valence-corrected chi connectivity index (χ0v) is 8.60. The lowest BCUT2D eigenvalue weighted by Crippen LogP contribution is -2.24. The number of benzene rings is 1. The number of aryl methyl sites for hydroxylation is 1. The first-order chi connectivity index (χ1) is 6.21. The predicted molar refractivity (Wildman–Crippen MR) is 57.0 cm³/mol. The van der Waals surface area contributed by atoms with Gasteiger partial charge < -0.3 is 5.11 Å². The number of thioether (sulfide) groups is 1. The third kappa shape index (κ3) is 1.74. The highest BCUT2D eigenvalue weighted by molar-refractivity contribution is 7.99. The van der Waals surface area contributed by atoms with Gasteiger partial charge in [0.05, 0.1) is 5.60 Å². The van der Waals surface area contributed by atoms with Gasteiger partial charge in [-0.15, -0.1) is 0 Å².